The molecule has 11 nitrogen and oxygen atoms in total. The zero-order valence-electron chi connectivity index (χ0n) is 16.1. The number of nitrogen functional groups attached to an aromatic ring is 1. The van der Waals surface area contributed by atoms with Crippen LogP contribution in [0.1, 0.15) is 23.1 Å². The average molecular weight is 399 g/mol. The first kappa shape index (κ1) is 18.9. The van der Waals surface area contributed by atoms with Crippen LogP contribution >= 0.6 is 0 Å². The first-order chi connectivity index (χ1) is 14.2. The van der Waals surface area contributed by atoms with Crippen molar-refractivity contribution >= 4 is 17.5 Å². The third kappa shape index (κ3) is 3.90. The number of nitrogens with zero attached hydrogens (tertiary/aromatic N) is 6. The van der Waals surface area contributed by atoms with E-state index in [0.29, 0.717) is 12.2 Å². The Bertz CT molecular complexity index is 963. The minimum atomic E-state index is -0.522. The van der Waals surface area contributed by atoms with Gasteiger partial charge in [-0.1, -0.05) is 23.4 Å². The number of rotatable bonds is 6. The van der Waals surface area contributed by atoms with Gasteiger partial charge in [0.2, 0.25) is 11.6 Å². The van der Waals surface area contributed by atoms with Gasteiger partial charge in [0.25, 0.3) is 0 Å². The molecule has 1 fully saturated rings. The number of hydrogen-bond donors (Lipinski definition) is 2. The lowest BCUT2D eigenvalue weighted by Gasteiger charge is -2.33. The maximum Gasteiger partial charge on any atom is 0.361 e. The molecule has 29 heavy (non-hydrogen) atoms. The number of nitrogens with two attached hydrogens (primary N) is 1. The lowest BCUT2D eigenvalue weighted by molar-refractivity contribution is -0.914. The van der Waals surface area contributed by atoms with E-state index in [1.54, 1.807) is 6.92 Å². The van der Waals surface area contributed by atoms with Gasteiger partial charge in [-0.05, 0) is 29.4 Å². The first-order valence-corrected chi connectivity index (χ1v) is 9.51. The summed E-state index contributed by atoms with van der Waals surface area (Å²) < 4.78 is 11.2. The van der Waals surface area contributed by atoms with Crippen molar-refractivity contribution in [1.82, 2.24) is 25.3 Å². The Balaban J connectivity index is 1.54. The number of para-hydroxylation sites is 1. The molecule has 0 atom stereocenters. The molecule has 1 saturated heterocycles. The van der Waals surface area contributed by atoms with E-state index in [1.165, 1.54) is 15.3 Å². The van der Waals surface area contributed by atoms with Crippen LogP contribution in [0.4, 0.5) is 11.5 Å². The highest BCUT2D eigenvalue weighted by molar-refractivity contribution is 5.88. The smallest absolute Gasteiger partial charge is 0.361 e. The summed E-state index contributed by atoms with van der Waals surface area (Å²) in [6.45, 7) is 6.13. The number of nitrogens with one attached hydrogen (secondary N) is 1. The van der Waals surface area contributed by atoms with E-state index in [4.69, 9.17) is 10.5 Å². The van der Waals surface area contributed by atoms with Crippen molar-refractivity contribution in [2.45, 2.75) is 13.5 Å². The van der Waals surface area contributed by atoms with Gasteiger partial charge < -0.3 is 20.3 Å². The van der Waals surface area contributed by atoms with E-state index in [-0.39, 0.29) is 23.9 Å². The van der Waals surface area contributed by atoms with Crippen molar-refractivity contribution in [3.63, 3.8) is 0 Å². The highest BCUT2D eigenvalue weighted by Gasteiger charge is 2.29. The molecule has 3 heterocycles. The molecule has 0 bridgehead atoms. The summed E-state index contributed by atoms with van der Waals surface area (Å²) in [6, 6.07) is 10.3. The molecule has 1 aromatic carbocycles. The summed E-state index contributed by atoms with van der Waals surface area (Å²) in [5.41, 5.74) is 7.77. The molecule has 0 unspecified atom stereocenters. The number of esters is 1. The molecule has 0 radical (unpaired) electrons. The number of quaternary nitrogens is 1. The van der Waals surface area contributed by atoms with Crippen molar-refractivity contribution in [1.29, 1.82) is 0 Å². The van der Waals surface area contributed by atoms with Crippen LogP contribution in [-0.2, 0) is 11.3 Å². The third-order valence-electron chi connectivity index (χ3n) is 4.94. The maximum absolute atomic E-state index is 12.4. The van der Waals surface area contributed by atoms with E-state index < -0.39 is 5.97 Å². The highest BCUT2D eigenvalue weighted by Crippen LogP contribution is 2.16. The van der Waals surface area contributed by atoms with Gasteiger partial charge >= 0.3 is 5.97 Å². The molecule has 0 amide bonds. The number of carbonyl (C=O) groups is 1. The first-order valence-electron chi connectivity index (χ1n) is 9.51. The molecule has 4 rings (SSSR count). The van der Waals surface area contributed by atoms with Crippen LogP contribution in [0.5, 0.6) is 0 Å². The van der Waals surface area contributed by atoms with Crippen molar-refractivity contribution in [2.24, 2.45) is 0 Å². The normalized spacial score (nSPS) is 14.9. The summed E-state index contributed by atoms with van der Waals surface area (Å²) in [5, 5.41) is 15.4. The Morgan fingerprint density at radius 2 is 2.00 bits per heavy atom. The van der Waals surface area contributed by atoms with Crippen molar-refractivity contribution in [2.75, 3.05) is 43.4 Å². The Hall–Kier alpha value is -3.47. The maximum atomic E-state index is 12.4. The molecule has 0 spiro atoms. The lowest BCUT2D eigenvalue weighted by Crippen LogP contribution is -3.13. The highest BCUT2D eigenvalue weighted by atomic mass is 16.6. The van der Waals surface area contributed by atoms with Gasteiger partial charge in [0.05, 0.1) is 32.8 Å². The molecule has 11 heteroatoms. The second-order valence-electron chi connectivity index (χ2n) is 6.74. The minimum absolute atomic E-state index is 0.0791. The molecule has 0 saturated carbocycles. The number of ether oxygens (including phenoxy) is 1. The Morgan fingerprint density at radius 3 is 2.66 bits per heavy atom. The van der Waals surface area contributed by atoms with E-state index in [0.717, 1.165) is 26.2 Å². The second-order valence-corrected chi connectivity index (χ2v) is 6.74. The Kier molecular flexibility index (Phi) is 5.38. The van der Waals surface area contributed by atoms with Crippen LogP contribution in [0.3, 0.4) is 0 Å². The number of piperazine rings is 1. The summed E-state index contributed by atoms with van der Waals surface area (Å²) in [4.78, 5) is 16.0. The summed E-state index contributed by atoms with van der Waals surface area (Å²) in [6.07, 6.45) is 0. The van der Waals surface area contributed by atoms with E-state index >= 15 is 0 Å². The Labute approximate surface area is 167 Å². The van der Waals surface area contributed by atoms with Crippen molar-refractivity contribution < 1.29 is 19.1 Å². The van der Waals surface area contributed by atoms with Gasteiger partial charge in [-0.2, -0.15) is 4.68 Å². The third-order valence-corrected chi connectivity index (χ3v) is 4.94. The molecule has 1 aliphatic rings. The number of anilines is 2. The standard InChI is InChI=1S/C18H22N8O3/c1-2-28-18(27)15-14(26(23-20-15)17-16(19)21-29-22-17)12-24-8-10-25(11-9-24)13-6-4-3-5-7-13/h3-7H,2,8-12H2,1H3,(H2,19,21)/p+1. The largest absolute Gasteiger partial charge is 0.461 e. The van der Waals surface area contributed by atoms with Gasteiger partial charge in [-0.15, -0.1) is 5.10 Å². The average Bonchev–Trinajstić information content (AvgIpc) is 3.35. The van der Waals surface area contributed by atoms with E-state index in [9.17, 15) is 4.79 Å². The molecule has 152 valence electrons. The summed E-state index contributed by atoms with van der Waals surface area (Å²) in [5.74, 6) is -0.230. The van der Waals surface area contributed by atoms with E-state index in [1.807, 2.05) is 18.2 Å². The number of aromatic nitrogens is 5. The molecule has 1 aliphatic heterocycles. The van der Waals surface area contributed by atoms with Crippen LogP contribution < -0.4 is 15.5 Å². The molecule has 0 aliphatic carbocycles. The molecule has 3 N–H and O–H groups in total. The number of hydrogen-bond acceptors (Lipinski definition) is 9. The van der Waals surface area contributed by atoms with Gasteiger partial charge in [0.15, 0.2) is 5.69 Å². The number of benzene rings is 1. The summed E-state index contributed by atoms with van der Waals surface area (Å²) >= 11 is 0. The van der Waals surface area contributed by atoms with Crippen LogP contribution in [0.25, 0.3) is 5.82 Å². The topological polar surface area (TPSA) is 130 Å². The van der Waals surface area contributed by atoms with Gasteiger partial charge in [-0.3, -0.25) is 0 Å². The minimum Gasteiger partial charge on any atom is -0.461 e. The quantitative estimate of drug-likeness (QED) is 0.518. The monoisotopic (exact) mass is 399 g/mol. The zero-order chi connectivity index (χ0) is 20.2. The Morgan fingerprint density at radius 1 is 1.24 bits per heavy atom. The fourth-order valence-electron chi connectivity index (χ4n) is 3.46. The van der Waals surface area contributed by atoms with Crippen LogP contribution in [0, 0.1) is 0 Å². The van der Waals surface area contributed by atoms with Crippen LogP contribution in [0.2, 0.25) is 0 Å². The van der Waals surface area contributed by atoms with Crippen molar-refractivity contribution in [3.05, 3.63) is 41.7 Å². The fraction of sp³-hybridized carbons (Fsp3) is 0.389. The van der Waals surface area contributed by atoms with Gasteiger partial charge in [0.1, 0.15) is 12.2 Å². The van der Waals surface area contributed by atoms with E-state index in [2.05, 4.69) is 42.3 Å². The van der Waals surface area contributed by atoms with Crippen LogP contribution in [0.15, 0.2) is 35.0 Å². The summed E-state index contributed by atoms with van der Waals surface area (Å²) in [7, 11) is 0. The predicted molar refractivity (Wildman–Crippen MR) is 103 cm³/mol. The molecule has 2 aromatic heterocycles. The molecule has 3 aromatic rings. The predicted octanol–water partition coefficient (Wildman–Crippen LogP) is -0.686. The second kappa shape index (κ2) is 8.27. The molecular weight excluding hydrogens is 376 g/mol. The van der Waals surface area contributed by atoms with Gasteiger partial charge in [0, 0.05) is 5.69 Å². The number of carbonyl (C=O) groups excluding carboxylic acids is 1. The van der Waals surface area contributed by atoms with Crippen LogP contribution in [-0.4, -0.2) is 64.1 Å². The zero-order valence-corrected chi connectivity index (χ0v) is 16.1. The SMILES string of the molecule is CCOC(=O)c1nnn(-c2nonc2N)c1C[NH+]1CCN(c2ccccc2)CC1. The lowest BCUT2D eigenvalue weighted by atomic mass is 10.2. The van der Waals surface area contributed by atoms with Gasteiger partial charge in [-0.25, -0.2) is 9.42 Å². The fourth-order valence-corrected chi connectivity index (χ4v) is 3.46. The molecular formula is C18H23N8O3+. The van der Waals surface area contributed by atoms with Crippen molar-refractivity contribution in [3.8, 4) is 5.82 Å².